The lowest BCUT2D eigenvalue weighted by molar-refractivity contribution is 0.0372. The summed E-state index contributed by atoms with van der Waals surface area (Å²) >= 11 is 0. The summed E-state index contributed by atoms with van der Waals surface area (Å²) in [6, 6.07) is 6.60. The fourth-order valence-corrected chi connectivity index (χ4v) is 3.42. The van der Waals surface area contributed by atoms with Crippen molar-refractivity contribution < 1.29 is 9.47 Å². The number of fused-ring (bicyclic) bond motifs is 1. The Bertz CT molecular complexity index is 510. The van der Waals surface area contributed by atoms with E-state index in [4.69, 9.17) is 9.47 Å². The Morgan fingerprint density at radius 3 is 2.83 bits per heavy atom. The summed E-state index contributed by atoms with van der Waals surface area (Å²) in [4.78, 5) is 2.51. The zero-order chi connectivity index (χ0) is 16.1. The number of nitrogens with zero attached hydrogens (tertiary/aromatic N) is 1. The van der Waals surface area contributed by atoms with E-state index >= 15 is 0 Å². The van der Waals surface area contributed by atoms with E-state index in [0.717, 1.165) is 51.6 Å². The van der Waals surface area contributed by atoms with Gasteiger partial charge in [0.15, 0.2) is 0 Å². The third-order valence-corrected chi connectivity index (χ3v) is 4.64. The van der Waals surface area contributed by atoms with Gasteiger partial charge in [0.1, 0.15) is 11.4 Å². The number of nitrogens with one attached hydrogen (secondary N) is 1. The van der Waals surface area contributed by atoms with Crippen molar-refractivity contribution in [2.24, 2.45) is 0 Å². The van der Waals surface area contributed by atoms with Gasteiger partial charge in [-0.15, -0.1) is 0 Å². The molecule has 2 aliphatic rings. The molecule has 0 radical (unpaired) electrons. The van der Waals surface area contributed by atoms with Gasteiger partial charge in [0.25, 0.3) is 0 Å². The van der Waals surface area contributed by atoms with Gasteiger partial charge in [0, 0.05) is 26.1 Å². The van der Waals surface area contributed by atoms with Gasteiger partial charge in [-0.05, 0) is 57.0 Å². The van der Waals surface area contributed by atoms with E-state index in [0.29, 0.717) is 0 Å². The molecular formula is C19H30N2O2. The topological polar surface area (TPSA) is 33.7 Å². The molecule has 1 saturated heterocycles. The zero-order valence-electron chi connectivity index (χ0n) is 14.6. The van der Waals surface area contributed by atoms with E-state index in [1.54, 1.807) is 0 Å². The lowest BCUT2D eigenvalue weighted by Gasteiger charge is -2.26. The predicted octanol–water partition coefficient (Wildman–Crippen LogP) is 2.60. The Morgan fingerprint density at radius 1 is 1.17 bits per heavy atom. The highest BCUT2D eigenvalue weighted by Gasteiger charge is 2.29. The Hall–Kier alpha value is -1.10. The third kappa shape index (κ3) is 4.93. The normalized spacial score (nSPS) is 20.3. The van der Waals surface area contributed by atoms with Crippen LogP contribution in [0, 0.1) is 0 Å². The Labute approximate surface area is 140 Å². The monoisotopic (exact) mass is 318 g/mol. The van der Waals surface area contributed by atoms with E-state index in [1.807, 2.05) is 0 Å². The molecule has 0 amide bonds. The first-order chi connectivity index (χ1) is 11.1. The second-order valence-corrected chi connectivity index (χ2v) is 7.32. The van der Waals surface area contributed by atoms with Crippen LogP contribution in [0.3, 0.4) is 0 Å². The molecule has 1 N–H and O–H groups in total. The first-order valence-corrected chi connectivity index (χ1v) is 8.94. The van der Waals surface area contributed by atoms with Gasteiger partial charge in [-0.3, -0.25) is 4.90 Å². The molecule has 2 heterocycles. The Balaban J connectivity index is 1.32. The molecular weight excluding hydrogens is 288 g/mol. The summed E-state index contributed by atoms with van der Waals surface area (Å²) < 4.78 is 11.3. The van der Waals surface area contributed by atoms with Crippen molar-refractivity contribution >= 4 is 0 Å². The largest absolute Gasteiger partial charge is 0.487 e. The molecule has 0 aliphatic carbocycles. The standard InChI is InChI=1S/C19H30N2O2/c1-19(2)14-17-13-16(5-6-18(17)23-19)15-20-7-3-4-8-21-9-11-22-12-10-21/h5-6,13,20H,3-4,7-12,14-15H2,1-2H3. The van der Waals surface area contributed by atoms with E-state index in [-0.39, 0.29) is 5.60 Å². The summed E-state index contributed by atoms with van der Waals surface area (Å²) in [6.45, 7) is 11.5. The molecule has 0 unspecified atom stereocenters. The molecule has 0 spiro atoms. The molecule has 2 aliphatic heterocycles. The van der Waals surface area contributed by atoms with Crippen molar-refractivity contribution in [3.63, 3.8) is 0 Å². The molecule has 0 saturated carbocycles. The van der Waals surface area contributed by atoms with Gasteiger partial charge in [-0.2, -0.15) is 0 Å². The zero-order valence-corrected chi connectivity index (χ0v) is 14.6. The smallest absolute Gasteiger partial charge is 0.123 e. The maximum absolute atomic E-state index is 5.93. The fourth-order valence-electron chi connectivity index (χ4n) is 3.42. The number of unbranched alkanes of at least 4 members (excludes halogenated alkanes) is 1. The van der Waals surface area contributed by atoms with Crippen LogP contribution in [0.15, 0.2) is 18.2 Å². The molecule has 23 heavy (non-hydrogen) atoms. The fraction of sp³-hybridized carbons (Fsp3) is 0.684. The lowest BCUT2D eigenvalue weighted by atomic mass is 10.0. The summed E-state index contributed by atoms with van der Waals surface area (Å²) in [7, 11) is 0. The van der Waals surface area contributed by atoms with Crippen molar-refractivity contribution in [3.8, 4) is 5.75 Å². The molecule has 4 heteroatoms. The number of ether oxygens (including phenoxy) is 2. The first-order valence-electron chi connectivity index (χ1n) is 8.94. The molecule has 1 fully saturated rings. The quantitative estimate of drug-likeness (QED) is 0.784. The first kappa shape index (κ1) is 16.7. The molecule has 0 aromatic heterocycles. The minimum Gasteiger partial charge on any atom is -0.487 e. The summed E-state index contributed by atoms with van der Waals surface area (Å²) in [5, 5.41) is 3.57. The number of morpholine rings is 1. The van der Waals surface area contributed by atoms with Crippen LogP contribution in [-0.2, 0) is 17.7 Å². The van der Waals surface area contributed by atoms with Gasteiger partial charge < -0.3 is 14.8 Å². The maximum Gasteiger partial charge on any atom is 0.123 e. The minimum absolute atomic E-state index is 0.0477. The van der Waals surface area contributed by atoms with Gasteiger partial charge in [0.2, 0.25) is 0 Å². The number of hydrogen-bond donors (Lipinski definition) is 1. The van der Waals surface area contributed by atoms with Crippen LogP contribution >= 0.6 is 0 Å². The Morgan fingerprint density at radius 2 is 2.00 bits per heavy atom. The van der Waals surface area contributed by atoms with Crippen LogP contribution in [0.25, 0.3) is 0 Å². The second kappa shape index (κ2) is 7.65. The van der Waals surface area contributed by atoms with E-state index in [9.17, 15) is 0 Å². The second-order valence-electron chi connectivity index (χ2n) is 7.32. The highest BCUT2D eigenvalue weighted by Crippen LogP contribution is 2.35. The number of benzene rings is 1. The molecule has 0 atom stereocenters. The predicted molar refractivity (Wildman–Crippen MR) is 93.1 cm³/mol. The van der Waals surface area contributed by atoms with Gasteiger partial charge in [-0.1, -0.05) is 12.1 Å². The van der Waals surface area contributed by atoms with Crippen LogP contribution in [0.4, 0.5) is 0 Å². The summed E-state index contributed by atoms with van der Waals surface area (Å²) in [6.07, 6.45) is 3.51. The molecule has 0 bridgehead atoms. The SMILES string of the molecule is CC1(C)Cc2cc(CNCCCCN3CCOCC3)ccc2O1. The van der Waals surface area contributed by atoms with Gasteiger partial charge in [0.05, 0.1) is 13.2 Å². The van der Waals surface area contributed by atoms with Crippen LogP contribution in [0.1, 0.15) is 37.8 Å². The number of rotatable bonds is 7. The molecule has 128 valence electrons. The highest BCUT2D eigenvalue weighted by atomic mass is 16.5. The van der Waals surface area contributed by atoms with Crippen molar-refractivity contribution in [3.05, 3.63) is 29.3 Å². The van der Waals surface area contributed by atoms with Crippen LogP contribution in [0.2, 0.25) is 0 Å². The number of hydrogen-bond acceptors (Lipinski definition) is 4. The van der Waals surface area contributed by atoms with E-state index in [2.05, 4.69) is 42.3 Å². The van der Waals surface area contributed by atoms with Crippen molar-refractivity contribution in [2.45, 2.75) is 45.3 Å². The van der Waals surface area contributed by atoms with Crippen molar-refractivity contribution in [1.82, 2.24) is 10.2 Å². The Kier molecular flexibility index (Phi) is 5.57. The van der Waals surface area contributed by atoms with E-state index < -0.39 is 0 Å². The summed E-state index contributed by atoms with van der Waals surface area (Å²) in [5.74, 6) is 1.06. The van der Waals surface area contributed by atoms with Gasteiger partial charge in [-0.25, -0.2) is 0 Å². The average molecular weight is 318 g/mol. The average Bonchev–Trinajstić information content (AvgIpc) is 2.85. The molecule has 1 aromatic carbocycles. The van der Waals surface area contributed by atoms with Crippen LogP contribution in [0.5, 0.6) is 5.75 Å². The maximum atomic E-state index is 5.93. The van der Waals surface area contributed by atoms with Crippen molar-refractivity contribution in [2.75, 3.05) is 39.4 Å². The molecule has 1 aromatic rings. The summed E-state index contributed by atoms with van der Waals surface area (Å²) in [5.41, 5.74) is 2.66. The minimum atomic E-state index is -0.0477. The van der Waals surface area contributed by atoms with Crippen LogP contribution in [-0.4, -0.2) is 49.9 Å². The van der Waals surface area contributed by atoms with Crippen molar-refractivity contribution in [1.29, 1.82) is 0 Å². The highest BCUT2D eigenvalue weighted by molar-refractivity contribution is 5.41. The molecule has 4 nitrogen and oxygen atoms in total. The molecule has 3 rings (SSSR count). The third-order valence-electron chi connectivity index (χ3n) is 4.64. The van der Waals surface area contributed by atoms with E-state index in [1.165, 1.54) is 30.5 Å². The van der Waals surface area contributed by atoms with Gasteiger partial charge >= 0.3 is 0 Å². The lowest BCUT2D eigenvalue weighted by Crippen LogP contribution is -2.37. The van der Waals surface area contributed by atoms with Crippen LogP contribution < -0.4 is 10.1 Å².